The van der Waals surface area contributed by atoms with Gasteiger partial charge in [0.05, 0.1) is 5.69 Å². The molecule has 0 saturated carbocycles. The molecule has 100 valence electrons. The molecule has 3 N–H and O–H groups in total. The highest BCUT2D eigenvalue weighted by Crippen LogP contribution is 2.24. The average Bonchev–Trinajstić information content (AvgIpc) is 2.36. The highest BCUT2D eigenvalue weighted by molar-refractivity contribution is 6.27. The SMILES string of the molecule is Cc1ccccc1N1C(=O)NC(=O)C(CCN)C1=O. The first-order valence-electron chi connectivity index (χ1n) is 6.00. The van der Waals surface area contributed by atoms with Crippen LogP contribution in [-0.4, -0.2) is 24.4 Å². The number of nitrogens with two attached hydrogens (primary N) is 1. The molecule has 1 aromatic carbocycles. The first-order chi connectivity index (χ1) is 9.06. The number of anilines is 1. The third-order valence-corrected chi connectivity index (χ3v) is 3.08. The fourth-order valence-electron chi connectivity index (χ4n) is 2.08. The number of barbiturate groups is 1. The second-order valence-corrected chi connectivity index (χ2v) is 4.38. The Morgan fingerprint density at radius 1 is 1.26 bits per heavy atom. The molecular weight excluding hydrogens is 246 g/mol. The normalized spacial score (nSPS) is 19.6. The van der Waals surface area contributed by atoms with E-state index in [0.29, 0.717) is 5.69 Å². The first kappa shape index (κ1) is 13.2. The highest BCUT2D eigenvalue weighted by Gasteiger charge is 2.40. The second-order valence-electron chi connectivity index (χ2n) is 4.38. The predicted octanol–water partition coefficient (Wildman–Crippen LogP) is 0.543. The summed E-state index contributed by atoms with van der Waals surface area (Å²) in [5.41, 5.74) is 6.67. The van der Waals surface area contributed by atoms with Gasteiger partial charge < -0.3 is 5.73 Å². The molecule has 0 bridgehead atoms. The molecule has 1 unspecified atom stereocenters. The maximum absolute atomic E-state index is 12.3. The Bertz CT molecular complexity index is 542. The quantitative estimate of drug-likeness (QED) is 0.777. The lowest BCUT2D eigenvalue weighted by Gasteiger charge is -2.30. The smallest absolute Gasteiger partial charge is 0.330 e. The van der Waals surface area contributed by atoms with Gasteiger partial charge in [0.1, 0.15) is 5.92 Å². The number of nitrogens with zero attached hydrogens (tertiary/aromatic N) is 1. The van der Waals surface area contributed by atoms with Gasteiger partial charge in [0.25, 0.3) is 0 Å². The predicted molar refractivity (Wildman–Crippen MR) is 69.4 cm³/mol. The summed E-state index contributed by atoms with van der Waals surface area (Å²) in [7, 11) is 0. The summed E-state index contributed by atoms with van der Waals surface area (Å²) < 4.78 is 0. The average molecular weight is 261 g/mol. The molecule has 0 spiro atoms. The van der Waals surface area contributed by atoms with Crippen molar-refractivity contribution in [2.45, 2.75) is 13.3 Å². The molecule has 19 heavy (non-hydrogen) atoms. The molecule has 0 radical (unpaired) electrons. The van der Waals surface area contributed by atoms with Crippen LogP contribution in [0.2, 0.25) is 0 Å². The van der Waals surface area contributed by atoms with E-state index in [1.54, 1.807) is 25.1 Å². The van der Waals surface area contributed by atoms with Crippen molar-refractivity contribution < 1.29 is 14.4 Å². The molecule has 1 fully saturated rings. The van der Waals surface area contributed by atoms with Crippen molar-refractivity contribution in [3.8, 4) is 0 Å². The highest BCUT2D eigenvalue weighted by atomic mass is 16.2. The molecule has 0 aliphatic carbocycles. The third-order valence-electron chi connectivity index (χ3n) is 3.08. The molecule has 1 aliphatic heterocycles. The van der Waals surface area contributed by atoms with E-state index < -0.39 is 23.8 Å². The van der Waals surface area contributed by atoms with Gasteiger partial charge in [-0.25, -0.2) is 9.69 Å². The van der Waals surface area contributed by atoms with E-state index in [1.165, 1.54) is 0 Å². The molecule has 6 nitrogen and oxygen atoms in total. The number of rotatable bonds is 3. The minimum absolute atomic E-state index is 0.208. The summed E-state index contributed by atoms with van der Waals surface area (Å²) in [6, 6.07) is 6.30. The number of carbonyl (C=O) groups excluding carboxylic acids is 3. The summed E-state index contributed by atoms with van der Waals surface area (Å²) in [5, 5.41) is 2.19. The van der Waals surface area contributed by atoms with Crippen molar-refractivity contribution in [3.63, 3.8) is 0 Å². The summed E-state index contributed by atoms with van der Waals surface area (Å²) in [6.45, 7) is 2.00. The van der Waals surface area contributed by atoms with Gasteiger partial charge in [-0.3, -0.25) is 14.9 Å². The van der Waals surface area contributed by atoms with E-state index in [2.05, 4.69) is 5.32 Å². The number of imide groups is 2. The van der Waals surface area contributed by atoms with Gasteiger partial charge in [-0.2, -0.15) is 0 Å². The molecule has 4 amide bonds. The number of amides is 4. The van der Waals surface area contributed by atoms with Crippen LogP contribution in [0.4, 0.5) is 10.5 Å². The lowest BCUT2D eigenvalue weighted by molar-refractivity contribution is -0.134. The van der Waals surface area contributed by atoms with Crippen molar-refractivity contribution in [1.82, 2.24) is 5.32 Å². The van der Waals surface area contributed by atoms with E-state index in [1.807, 2.05) is 6.07 Å². The Labute approximate surface area is 110 Å². The first-order valence-corrected chi connectivity index (χ1v) is 6.00. The van der Waals surface area contributed by atoms with Crippen molar-refractivity contribution in [3.05, 3.63) is 29.8 Å². The number of aryl methyl sites for hydroxylation is 1. The van der Waals surface area contributed by atoms with Crippen LogP contribution in [0.25, 0.3) is 0 Å². The van der Waals surface area contributed by atoms with E-state index >= 15 is 0 Å². The topological polar surface area (TPSA) is 92.5 Å². The van der Waals surface area contributed by atoms with Crippen molar-refractivity contribution in [2.75, 3.05) is 11.4 Å². The van der Waals surface area contributed by atoms with Gasteiger partial charge in [-0.05, 0) is 31.5 Å². The van der Waals surface area contributed by atoms with Gasteiger partial charge >= 0.3 is 6.03 Å². The Kier molecular flexibility index (Phi) is 3.62. The summed E-state index contributed by atoms with van der Waals surface area (Å²) in [6.07, 6.45) is 0.223. The van der Waals surface area contributed by atoms with Crippen molar-refractivity contribution in [2.24, 2.45) is 11.7 Å². The summed E-state index contributed by atoms with van der Waals surface area (Å²) >= 11 is 0. The fourth-order valence-corrected chi connectivity index (χ4v) is 2.08. The zero-order valence-corrected chi connectivity index (χ0v) is 10.6. The molecule has 1 heterocycles. The Morgan fingerprint density at radius 3 is 2.58 bits per heavy atom. The van der Waals surface area contributed by atoms with Gasteiger partial charge in [0.15, 0.2) is 0 Å². The largest absolute Gasteiger partial charge is 0.335 e. The molecule has 1 aliphatic rings. The third kappa shape index (κ3) is 2.34. The van der Waals surface area contributed by atoms with E-state index in [4.69, 9.17) is 5.73 Å². The van der Waals surface area contributed by atoms with Gasteiger partial charge in [-0.15, -0.1) is 0 Å². The maximum atomic E-state index is 12.3. The number of carbonyl (C=O) groups is 3. The van der Waals surface area contributed by atoms with E-state index in [-0.39, 0.29) is 13.0 Å². The number of hydrogen-bond acceptors (Lipinski definition) is 4. The van der Waals surface area contributed by atoms with Crippen LogP contribution in [0, 0.1) is 12.8 Å². The Balaban J connectivity index is 2.39. The lowest BCUT2D eigenvalue weighted by atomic mass is 10.00. The molecule has 1 saturated heterocycles. The number of hydrogen-bond donors (Lipinski definition) is 2. The fraction of sp³-hybridized carbons (Fsp3) is 0.308. The van der Waals surface area contributed by atoms with Crippen LogP contribution in [0.5, 0.6) is 0 Å². The number of benzene rings is 1. The van der Waals surface area contributed by atoms with Crippen molar-refractivity contribution in [1.29, 1.82) is 0 Å². The minimum Gasteiger partial charge on any atom is -0.330 e. The van der Waals surface area contributed by atoms with Gasteiger partial charge in [-0.1, -0.05) is 18.2 Å². The lowest BCUT2D eigenvalue weighted by Crippen LogP contribution is -2.58. The Hall–Kier alpha value is -2.21. The molecule has 1 aromatic rings. The zero-order valence-electron chi connectivity index (χ0n) is 10.6. The van der Waals surface area contributed by atoms with E-state index in [9.17, 15) is 14.4 Å². The standard InChI is InChI=1S/C13H15N3O3/c1-8-4-2-3-5-10(8)16-12(18)9(6-7-14)11(17)15-13(16)19/h2-5,9H,6-7,14H2,1H3,(H,15,17,19). The van der Waals surface area contributed by atoms with Crippen LogP contribution >= 0.6 is 0 Å². The van der Waals surface area contributed by atoms with Crippen LogP contribution in [0.1, 0.15) is 12.0 Å². The van der Waals surface area contributed by atoms with Gasteiger partial charge in [0.2, 0.25) is 11.8 Å². The summed E-state index contributed by atoms with van der Waals surface area (Å²) in [4.78, 5) is 36.8. The van der Waals surface area contributed by atoms with Crippen molar-refractivity contribution >= 4 is 23.5 Å². The monoisotopic (exact) mass is 261 g/mol. The zero-order chi connectivity index (χ0) is 14.0. The van der Waals surface area contributed by atoms with Crippen LogP contribution in [0.15, 0.2) is 24.3 Å². The molecule has 6 heteroatoms. The summed E-state index contributed by atoms with van der Waals surface area (Å²) in [5.74, 6) is -2.00. The number of urea groups is 1. The minimum atomic E-state index is -0.901. The van der Waals surface area contributed by atoms with Crippen LogP contribution in [0.3, 0.4) is 0 Å². The second kappa shape index (κ2) is 5.19. The van der Waals surface area contributed by atoms with Gasteiger partial charge in [0, 0.05) is 0 Å². The molecule has 1 atom stereocenters. The maximum Gasteiger partial charge on any atom is 0.335 e. The number of nitrogens with one attached hydrogen (secondary N) is 1. The molecule has 2 rings (SSSR count). The molecule has 0 aromatic heterocycles. The van der Waals surface area contributed by atoms with E-state index in [0.717, 1.165) is 10.5 Å². The molecular formula is C13H15N3O3. The van der Waals surface area contributed by atoms with Crippen LogP contribution < -0.4 is 16.0 Å². The van der Waals surface area contributed by atoms with Crippen LogP contribution in [-0.2, 0) is 9.59 Å². The Morgan fingerprint density at radius 2 is 1.95 bits per heavy atom. The number of para-hydroxylation sites is 1.